The van der Waals surface area contributed by atoms with Gasteiger partial charge in [0.15, 0.2) is 0 Å². The van der Waals surface area contributed by atoms with Crippen molar-refractivity contribution in [1.82, 2.24) is 9.80 Å². The van der Waals surface area contributed by atoms with Crippen molar-refractivity contribution in [3.8, 4) is 0 Å². The molecule has 5 heteroatoms. The van der Waals surface area contributed by atoms with Gasteiger partial charge in [0, 0.05) is 33.2 Å². The molecule has 1 amide bonds. The fraction of sp³-hybridized carbons (Fsp3) is 0.611. The molecule has 23 heavy (non-hydrogen) atoms. The van der Waals surface area contributed by atoms with Gasteiger partial charge in [-0.2, -0.15) is 0 Å². The summed E-state index contributed by atoms with van der Waals surface area (Å²) in [5, 5.41) is 10.2. The van der Waals surface area contributed by atoms with E-state index in [1.807, 2.05) is 12.1 Å². The first-order valence-electron chi connectivity index (χ1n) is 8.38. The van der Waals surface area contributed by atoms with Crippen LogP contribution in [-0.4, -0.2) is 73.4 Å². The second kappa shape index (κ2) is 9.01. The van der Waals surface area contributed by atoms with Crippen LogP contribution in [-0.2, 0) is 22.4 Å². The SMILES string of the molecule is CCc1cccc(CC(=O)N(C)CC(O)CN2CCOCC2)c1. The second-order valence-corrected chi connectivity index (χ2v) is 6.19. The fourth-order valence-electron chi connectivity index (χ4n) is 2.83. The van der Waals surface area contributed by atoms with Gasteiger partial charge in [-0.3, -0.25) is 9.69 Å². The van der Waals surface area contributed by atoms with E-state index in [1.54, 1.807) is 11.9 Å². The lowest BCUT2D eigenvalue weighted by Crippen LogP contribution is -2.45. The summed E-state index contributed by atoms with van der Waals surface area (Å²) in [7, 11) is 1.76. The number of rotatable bonds is 7. The fourth-order valence-corrected chi connectivity index (χ4v) is 2.83. The third kappa shape index (κ3) is 5.94. The predicted octanol–water partition coefficient (Wildman–Crippen LogP) is 0.943. The summed E-state index contributed by atoms with van der Waals surface area (Å²) in [4.78, 5) is 16.1. The Labute approximate surface area is 138 Å². The van der Waals surface area contributed by atoms with E-state index >= 15 is 0 Å². The Morgan fingerprint density at radius 1 is 1.35 bits per heavy atom. The number of benzene rings is 1. The molecule has 0 saturated carbocycles. The molecule has 1 unspecified atom stereocenters. The third-order valence-electron chi connectivity index (χ3n) is 4.24. The Morgan fingerprint density at radius 3 is 2.74 bits per heavy atom. The van der Waals surface area contributed by atoms with Crippen molar-refractivity contribution >= 4 is 5.91 Å². The number of carbonyl (C=O) groups is 1. The summed E-state index contributed by atoms with van der Waals surface area (Å²) in [6.45, 7) is 6.19. The molecule has 1 aromatic carbocycles. The summed E-state index contributed by atoms with van der Waals surface area (Å²) in [6, 6.07) is 8.13. The molecule has 0 spiro atoms. The number of aliphatic hydroxyl groups excluding tert-OH is 1. The number of hydrogen-bond donors (Lipinski definition) is 1. The molecule has 1 saturated heterocycles. The second-order valence-electron chi connectivity index (χ2n) is 6.19. The van der Waals surface area contributed by atoms with Gasteiger partial charge in [0.1, 0.15) is 0 Å². The Bertz CT molecular complexity index is 501. The summed E-state index contributed by atoms with van der Waals surface area (Å²) >= 11 is 0. The molecule has 2 rings (SSSR count). The molecular formula is C18H28N2O3. The number of nitrogens with zero attached hydrogens (tertiary/aromatic N) is 2. The van der Waals surface area contributed by atoms with Crippen LogP contribution in [0.2, 0.25) is 0 Å². The van der Waals surface area contributed by atoms with E-state index in [2.05, 4.69) is 24.0 Å². The first-order valence-corrected chi connectivity index (χ1v) is 8.38. The van der Waals surface area contributed by atoms with Gasteiger partial charge in [-0.1, -0.05) is 31.2 Å². The van der Waals surface area contributed by atoms with Crippen molar-refractivity contribution in [2.45, 2.75) is 25.9 Å². The van der Waals surface area contributed by atoms with Crippen LogP contribution >= 0.6 is 0 Å². The lowest BCUT2D eigenvalue weighted by atomic mass is 10.1. The predicted molar refractivity (Wildman–Crippen MR) is 90.4 cm³/mol. The number of hydrogen-bond acceptors (Lipinski definition) is 4. The molecule has 1 fully saturated rings. The number of aryl methyl sites for hydroxylation is 1. The molecule has 1 aliphatic heterocycles. The number of aliphatic hydroxyl groups is 1. The van der Waals surface area contributed by atoms with Crippen LogP contribution < -0.4 is 0 Å². The van der Waals surface area contributed by atoms with Gasteiger partial charge in [-0.25, -0.2) is 0 Å². The van der Waals surface area contributed by atoms with Crippen LogP contribution in [0, 0.1) is 0 Å². The van der Waals surface area contributed by atoms with E-state index in [-0.39, 0.29) is 5.91 Å². The van der Waals surface area contributed by atoms with E-state index < -0.39 is 6.10 Å². The maximum Gasteiger partial charge on any atom is 0.226 e. The van der Waals surface area contributed by atoms with Gasteiger partial charge in [0.2, 0.25) is 5.91 Å². The topological polar surface area (TPSA) is 53.0 Å². The smallest absolute Gasteiger partial charge is 0.226 e. The van der Waals surface area contributed by atoms with E-state index in [1.165, 1.54) is 5.56 Å². The number of ether oxygens (including phenoxy) is 1. The van der Waals surface area contributed by atoms with Gasteiger partial charge in [0.05, 0.1) is 25.7 Å². The first kappa shape index (κ1) is 17.9. The van der Waals surface area contributed by atoms with E-state index in [0.29, 0.717) is 19.5 Å². The van der Waals surface area contributed by atoms with Gasteiger partial charge < -0.3 is 14.7 Å². The minimum atomic E-state index is -0.524. The Hall–Kier alpha value is -1.43. The van der Waals surface area contributed by atoms with Crippen LogP contribution in [0.1, 0.15) is 18.1 Å². The van der Waals surface area contributed by atoms with Crippen molar-refractivity contribution in [1.29, 1.82) is 0 Å². The normalized spacial score (nSPS) is 17.0. The molecule has 1 atom stereocenters. The highest BCUT2D eigenvalue weighted by atomic mass is 16.5. The average molecular weight is 320 g/mol. The third-order valence-corrected chi connectivity index (χ3v) is 4.24. The van der Waals surface area contributed by atoms with Crippen molar-refractivity contribution in [3.63, 3.8) is 0 Å². The number of morpholine rings is 1. The zero-order valence-corrected chi connectivity index (χ0v) is 14.2. The van der Waals surface area contributed by atoms with Crippen molar-refractivity contribution < 1.29 is 14.6 Å². The van der Waals surface area contributed by atoms with Gasteiger partial charge in [-0.05, 0) is 17.5 Å². The average Bonchev–Trinajstić information content (AvgIpc) is 2.55. The van der Waals surface area contributed by atoms with Gasteiger partial charge in [0.25, 0.3) is 0 Å². The summed E-state index contributed by atoms with van der Waals surface area (Å²) in [6.07, 6.45) is 0.828. The summed E-state index contributed by atoms with van der Waals surface area (Å²) in [5.41, 5.74) is 2.27. The highest BCUT2D eigenvalue weighted by molar-refractivity contribution is 5.78. The minimum absolute atomic E-state index is 0.0410. The summed E-state index contributed by atoms with van der Waals surface area (Å²) < 4.78 is 5.30. The molecule has 0 aliphatic carbocycles. The standard InChI is InChI=1S/C18H28N2O3/c1-3-15-5-4-6-16(11-15)12-18(22)19(2)13-17(21)14-20-7-9-23-10-8-20/h4-6,11,17,21H,3,7-10,12-14H2,1-2H3. The van der Waals surface area contributed by atoms with Crippen molar-refractivity contribution in [2.75, 3.05) is 46.4 Å². The molecule has 5 nitrogen and oxygen atoms in total. The van der Waals surface area contributed by atoms with E-state index in [0.717, 1.165) is 38.3 Å². The summed E-state index contributed by atoms with van der Waals surface area (Å²) in [5.74, 6) is 0.0410. The molecule has 128 valence electrons. The van der Waals surface area contributed by atoms with Crippen LogP contribution in [0.3, 0.4) is 0 Å². The number of likely N-dealkylation sites (N-methyl/N-ethyl adjacent to an activating group) is 1. The minimum Gasteiger partial charge on any atom is -0.390 e. The molecule has 1 aromatic rings. The molecular weight excluding hydrogens is 292 g/mol. The monoisotopic (exact) mass is 320 g/mol. The highest BCUT2D eigenvalue weighted by Gasteiger charge is 2.18. The number of amides is 1. The Kier molecular flexibility index (Phi) is 7.02. The largest absolute Gasteiger partial charge is 0.390 e. The van der Waals surface area contributed by atoms with Gasteiger partial charge >= 0.3 is 0 Å². The zero-order chi connectivity index (χ0) is 16.7. The molecule has 0 bridgehead atoms. The lowest BCUT2D eigenvalue weighted by molar-refractivity contribution is -0.130. The van der Waals surface area contributed by atoms with Crippen molar-refractivity contribution in [2.24, 2.45) is 0 Å². The Balaban J connectivity index is 1.79. The van der Waals surface area contributed by atoms with Crippen molar-refractivity contribution in [3.05, 3.63) is 35.4 Å². The molecule has 1 heterocycles. The Morgan fingerprint density at radius 2 is 2.04 bits per heavy atom. The quantitative estimate of drug-likeness (QED) is 0.812. The molecule has 0 radical (unpaired) electrons. The molecule has 0 aromatic heterocycles. The molecule has 1 aliphatic rings. The highest BCUT2D eigenvalue weighted by Crippen LogP contribution is 2.08. The zero-order valence-electron chi connectivity index (χ0n) is 14.2. The maximum atomic E-state index is 12.3. The first-order chi connectivity index (χ1) is 11.1. The van der Waals surface area contributed by atoms with Crippen LogP contribution in [0.5, 0.6) is 0 Å². The van der Waals surface area contributed by atoms with Crippen LogP contribution in [0.4, 0.5) is 0 Å². The lowest BCUT2D eigenvalue weighted by Gasteiger charge is -2.30. The number of carbonyl (C=O) groups excluding carboxylic acids is 1. The van der Waals surface area contributed by atoms with Gasteiger partial charge in [-0.15, -0.1) is 0 Å². The van der Waals surface area contributed by atoms with Crippen LogP contribution in [0.15, 0.2) is 24.3 Å². The van der Waals surface area contributed by atoms with E-state index in [4.69, 9.17) is 4.74 Å². The molecule has 1 N–H and O–H groups in total. The maximum absolute atomic E-state index is 12.3. The number of β-amino-alcohol motifs (C(OH)–C–C–N with tert-alkyl or cyclic N) is 1. The van der Waals surface area contributed by atoms with E-state index in [9.17, 15) is 9.90 Å². The van der Waals surface area contributed by atoms with Crippen LogP contribution in [0.25, 0.3) is 0 Å².